The largest absolute Gasteiger partial charge is 0.387 e. The van der Waals surface area contributed by atoms with E-state index in [0.29, 0.717) is 12.3 Å². The molecule has 1 unspecified atom stereocenters. The Morgan fingerprint density at radius 3 is 3.00 bits per heavy atom. The van der Waals surface area contributed by atoms with Gasteiger partial charge in [0.15, 0.2) is 0 Å². The third-order valence-corrected chi connectivity index (χ3v) is 2.60. The van der Waals surface area contributed by atoms with Crippen molar-refractivity contribution in [3.05, 3.63) is 18.6 Å². The Morgan fingerprint density at radius 2 is 2.43 bits per heavy atom. The molecule has 1 atom stereocenters. The Labute approximate surface area is 88.2 Å². The normalized spacial score (nSPS) is 14.8. The van der Waals surface area contributed by atoms with E-state index in [1.54, 1.807) is 30.9 Å². The number of aliphatic hydroxyl groups is 1. The Hall–Kier alpha value is -0.810. The van der Waals surface area contributed by atoms with E-state index in [1.807, 2.05) is 6.26 Å². The third-order valence-electron chi connectivity index (χ3n) is 1.69. The average Bonchev–Trinajstić information content (AvgIpc) is 2.17. The Morgan fingerprint density at radius 1 is 1.64 bits per heavy atom. The SMILES string of the molecule is CSCC(C)(O)CNc1ccncn1. The summed E-state index contributed by atoms with van der Waals surface area (Å²) in [6.45, 7) is 2.29. The standard InChI is InChI=1S/C9H15N3OS/c1-9(13,6-14-2)5-11-8-3-4-10-7-12-8/h3-4,7,13H,5-6H2,1-2H3,(H,10,11,12). The zero-order chi connectivity index (χ0) is 10.4. The molecule has 2 N–H and O–H groups in total. The van der Waals surface area contributed by atoms with Crippen molar-refractivity contribution >= 4 is 17.6 Å². The molecule has 5 heteroatoms. The fraction of sp³-hybridized carbons (Fsp3) is 0.556. The van der Waals surface area contributed by atoms with Gasteiger partial charge in [0.05, 0.1) is 5.60 Å². The van der Waals surface area contributed by atoms with Crippen molar-refractivity contribution in [2.75, 3.05) is 23.9 Å². The summed E-state index contributed by atoms with van der Waals surface area (Å²) in [5, 5.41) is 12.9. The smallest absolute Gasteiger partial charge is 0.129 e. The zero-order valence-corrected chi connectivity index (χ0v) is 9.21. The maximum Gasteiger partial charge on any atom is 0.129 e. The Balaban J connectivity index is 2.40. The molecule has 0 saturated heterocycles. The van der Waals surface area contributed by atoms with E-state index in [2.05, 4.69) is 15.3 Å². The molecule has 0 saturated carbocycles. The van der Waals surface area contributed by atoms with Gasteiger partial charge in [0.25, 0.3) is 0 Å². The molecule has 14 heavy (non-hydrogen) atoms. The van der Waals surface area contributed by atoms with Gasteiger partial charge in [-0.15, -0.1) is 0 Å². The predicted molar refractivity (Wildman–Crippen MR) is 59.5 cm³/mol. The van der Waals surface area contributed by atoms with Crippen LogP contribution < -0.4 is 5.32 Å². The van der Waals surface area contributed by atoms with Gasteiger partial charge >= 0.3 is 0 Å². The van der Waals surface area contributed by atoms with Crippen molar-refractivity contribution in [1.82, 2.24) is 9.97 Å². The van der Waals surface area contributed by atoms with Crippen molar-refractivity contribution in [1.29, 1.82) is 0 Å². The van der Waals surface area contributed by atoms with E-state index in [0.717, 1.165) is 5.82 Å². The maximum atomic E-state index is 9.85. The van der Waals surface area contributed by atoms with Gasteiger partial charge in [0.1, 0.15) is 12.1 Å². The van der Waals surface area contributed by atoms with Crippen LogP contribution in [0.2, 0.25) is 0 Å². The second-order valence-corrected chi connectivity index (χ2v) is 4.24. The molecule has 0 spiro atoms. The molecule has 1 rings (SSSR count). The van der Waals surface area contributed by atoms with Crippen LogP contribution in [0.5, 0.6) is 0 Å². The highest BCUT2D eigenvalue weighted by molar-refractivity contribution is 7.98. The van der Waals surface area contributed by atoms with Crippen LogP contribution in [0.1, 0.15) is 6.92 Å². The lowest BCUT2D eigenvalue weighted by atomic mass is 10.1. The van der Waals surface area contributed by atoms with Gasteiger partial charge in [0, 0.05) is 18.5 Å². The highest BCUT2D eigenvalue weighted by Gasteiger charge is 2.18. The molecule has 0 amide bonds. The molecule has 0 aliphatic heterocycles. The quantitative estimate of drug-likeness (QED) is 0.764. The second-order valence-electron chi connectivity index (χ2n) is 3.38. The summed E-state index contributed by atoms with van der Waals surface area (Å²) >= 11 is 1.62. The highest BCUT2D eigenvalue weighted by atomic mass is 32.2. The number of nitrogens with one attached hydrogen (secondary N) is 1. The van der Waals surface area contributed by atoms with Crippen LogP contribution in [0, 0.1) is 0 Å². The Bertz CT molecular complexity index is 266. The van der Waals surface area contributed by atoms with Crippen LogP contribution in [0.25, 0.3) is 0 Å². The van der Waals surface area contributed by atoms with E-state index in [9.17, 15) is 5.11 Å². The topological polar surface area (TPSA) is 58.0 Å². The van der Waals surface area contributed by atoms with Crippen LogP contribution in [0.15, 0.2) is 18.6 Å². The first-order valence-corrected chi connectivity index (χ1v) is 5.75. The van der Waals surface area contributed by atoms with Crippen LogP contribution in [-0.2, 0) is 0 Å². The van der Waals surface area contributed by atoms with Crippen molar-refractivity contribution in [3.8, 4) is 0 Å². The minimum absolute atomic E-state index is 0.491. The van der Waals surface area contributed by atoms with Gasteiger partial charge in [-0.3, -0.25) is 0 Å². The van der Waals surface area contributed by atoms with Crippen LogP contribution >= 0.6 is 11.8 Å². The molecular weight excluding hydrogens is 198 g/mol. The molecule has 78 valence electrons. The monoisotopic (exact) mass is 213 g/mol. The maximum absolute atomic E-state index is 9.85. The number of rotatable bonds is 5. The van der Waals surface area contributed by atoms with Crippen molar-refractivity contribution < 1.29 is 5.11 Å². The summed E-state index contributed by atoms with van der Waals surface area (Å²) < 4.78 is 0. The van der Waals surface area contributed by atoms with Crippen LogP contribution in [0.3, 0.4) is 0 Å². The lowest BCUT2D eigenvalue weighted by Crippen LogP contribution is -2.36. The first-order chi connectivity index (χ1) is 6.64. The Kier molecular flexibility index (Phi) is 4.16. The van der Waals surface area contributed by atoms with E-state index < -0.39 is 5.60 Å². The van der Waals surface area contributed by atoms with E-state index in [-0.39, 0.29) is 0 Å². The molecule has 1 aromatic rings. The van der Waals surface area contributed by atoms with Crippen molar-refractivity contribution in [2.24, 2.45) is 0 Å². The molecule has 0 radical (unpaired) electrons. The molecule has 1 aromatic heterocycles. The van der Waals surface area contributed by atoms with E-state index in [4.69, 9.17) is 0 Å². The third kappa shape index (κ3) is 3.93. The minimum Gasteiger partial charge on any atom is -0.387 e. The molecule has 0 aromatic carbocycles. The first-order valence-electron chi connectivity index (χ1n) is 4.35. The lowest BCUT2D eigenvalue weighted by molar-refractivity contribution is 0.0996. The van der Waals surface area contributed by atoms with Gasteiger partial charge in [-0.2, -0.15) is 11.8 Å². The molecule has 0 aliphatic rings. The minimum atomic E-state index is -0.704. The predicted octanol–water partition coefficient (Wildman–Crippen LogP) is 1.00. The average molecular weight is 213 g/mol. The molecule has 1 heterocycles. The molecule has 0 aliphatic carbocycles. The number of hydrogen-bond acceptors (Lipinski definition) is 5. The fourth-order valence-electron chi connectivity index (χ4n) is 1.04. The number of thioether (sulfide) groups is 1. The summed E-state index contributed by atoms with van der Waals surface area (Å²) in [5.74, 6) is 1.44. The van der Waals surface area contributed by atoms with Crippen molar-refractivity contribution in [3.63, 3.8) is 0 Å². The zero-order valence-electron chi connectivity index (χ0n) is 8.40. The molecular formula is C9H15N3OS. The fourth-order valence-corrected chi connectivity index (χ4v) is 1.76. The molecule has 4 nitrogen and oxygen atoms in total. The summed E-state index contributed by atoms with van der Waals surface area (Å²) in [6, 6.07) is 1.77. The van der Waals surface area contributed by atoms with E-state index in [1.165, 1.54) is 6.33 Å². The second kappa shape index (κ2) is 5.17. The summed E-state index contributed by atoms with van der Waals surface area (Å²) in [7, 11) is 0. The van der Waals surface area contributed by atoms with Gasteiger partial charge in [-0.1, -0.05) is 0 Å². The number of nitrogens with zero attached hydrogens (tertiary/aromatic N) is 2. The first kappa shape index (κ1) is 11.3. The molecule has 0 fully saturated rings. The van der Waals surface area contributed by atoms with Gasteiger partial charge < -0.3 is 10.4 Å². The van der Waals surface area contributed by atoms with E-state index >= 15 is 0 Å². The summed E-state index contributed by atoms with van der Waals surface area (Å²) in [6.07, 6.45) is 5.11. The van der Waals surface area contributed by atoms with Crippen molar-refractivity contribution in [2.45, 2.75) is 12.5 Å². The highest BCUT2D eigenvalue weighted by Crippen LogP contribution is 2.11. The summed E-state index contributed by atoms with van der Waals surface area (Å²) in [4.78, 5) is 7.81. The van der Waals surface area contributed by atoms with Gasteiger partial charge in [-0.25, -0.2) is 9.97 Å². The van der Waals surface area contributed by atoms with Crippen LogP contribution in [-0.4, -0.2) is 39.2 Å². The number of hydrogen-bond donors (Lipinski definition) is 2. The van der Waals surface area contributed by atoms with Crippen LogP contribution in [0.4, 0.5) is 5.82 Å². The summed E-state index contributed by atoms with van der Waals surface area (Å²) in [5.41, 5.74) is -0.704. The van der Waals surface area contributed by atoms with Gasteiger partial charge in [0.2, 0.25) is 0 Å². The van der Waals surface area contributed by atoms with Gasteiger partial charge in [-0.05, 0) is 19.2 Å². The number of anilines is 1. The number of aromatic nitrogens is 2. The lowest BCUT2D eigenvalue weighted by Gasteiger charge is -2.22. The molecule has 0 bridgehead atoms.